The van der Waals surface area contributed by atoms with Crippen molar-refractivity contribution < 1.29 is 27.2 Å². The number of aromatic nitrogens is 2. The van der Waals surface area contributed by atoms with Crippen molar-refractivity contribution in [2.45, 2.75) is 25.4 Å². The summed E-state index contributed by atoms with van der Waals surface area (Å²) in [6, 6.07) is 1.93. The lowest BCUT2D eigenvalue weighted by molar-refractivity contribution is 0.209. The second-order valence-corrected chi connectivity index (χ2v) is 8.69. The lowest BCUT2D eigenvalue weighted by Gasteiger charge is -2.26. The summed E-state index contributed by atoms with van der Waals surface area (Å²) in [6.45, 7) is 0. The van der Waals surface area contributed by atoms with Gasteiger partial charge < -0.3 is 40.2 Å². The monoisotopic (exact) mass is 448 g/mol. The molecule has 0 spiro atoms. The van der Waals surface area contributed by atoms with Crippen LogP contribution in [0.2, 0.25) is 0 Å². The molecule has 0 saturated heterocycles. The summed E-state index contributed by atoms with van der Waals surface area (Å²) < 4.78 is 44.6. The van der Waals surface area contributed by atoms with Crippen LogP contribution < -0.4 is 19.9 Å². The zero-order valence-electron chi connectivity index (χ0n) is 17.4. The average Bonchev–Trinajstić information content (AvgIpc) is 3.53. The Bertz CT molecular complexity index is 1090. The van der Waals surface area contributed by atoms with E-state index in [2.05, 4.69) is 22.1 Å². The number of ether oxygens (including phenoxy) is 3. The summed E-state index contributed by atoms with van der Waals surface area (Å²) in [5.74, 6) is 2.72. The van der Waals surface area contributed by atoms with E-state index in [1.165, 1.54) is 12.8 Å². The van der Waals surface area contributed by atoms with Gasteiger partial charge in [-0.2, -0.15) is 0 Å². The SMILES string of the molecule is COc1cc(Cc2cnc([NH-])nc2N)c2c(c1OC)OC(C1CC1)C=C2.CS(=O)(=O)[O-]. The van der Waals surface area contributed by atoms with E-state index < -0.39 is 10.1 Å². The van der Waals surface area contributed by atoms with Crippen LogP contribution in [-0.2, 0) is 16.5 Å². The molecule has 1 aromatic carbocycles. The number of fused-ring (bicyclic) bond motifs is 1. The Morgan fingerprint density at radius 1 is 1.29 bits per heavy atom. The average molecular weight is 449 g/mol. The van der Waals surface area contributed by atoms with Gasteiger partial charge in [-0.15, -0.1) is 0 Å². The Balaban J connectivity index is 0.000000491. The summed E-state index contributed by atoms with van der Waals surface area (Å²) in [6.07, 6.45) is 9.37. The van der Waals surface area contributed by atoms with Crippen molar-refractivity contribution >= 4 is 28.0 Å². The van der Waals surface area contributed by atoms with Crippen molar-refractivity contribution in [1.82, 2.24) is 9.97 Å². The molecule has 1 aliphatic carbocycles. The van der Waals surface area contributed by atoms with Gasteiger partial charge in [-0.05, 0) is 48.2 Å². The third kappa shape index (κ3) is 5.76. The van der Waals surface area contributed by atoms with Gasteiger partial charge in [-0.3, -0.25) is 0 Å². The van der Waals surface area contributed by atoms with Gasteiger partial charge in [0.15, 0.2) is 11.5 Å². The minimum absolute atomic E-state index is 0.0763. The van der Waals surface area contributed by atoms with Gasteiger partial charge in [-0.1, -0.05) is 6.08 Å². The zero-order valence-corrected chi connectivity index (χ0v) is 18.2. The standard InChI is InChI=1S/C19H21N4O3.CH4O3S/c1-24-15-8-11(7-12-9-22-19(21)23-18(12)20)13-5-6-14(10-3-4-10)26-16(13)17(15)25-2;1-5(2,3)4/h5-6,8-10,14H,3-4,7H2,1-2H3,(H3-,20,21,22,23);1H3,(H,2,3,4)/q-1;/p-1. The number of anilines is 1. The molecule has 1 fully saturated rings. The summed E-state index contributed by atoms with van der Waals surface area (Å²) in [7, 11) is -0.693. The third-order valence-electron chi connectivity index (χ3n) is 4.82. The van der Waals surface area contributed by atoms with Gasteiger partial charge in [0.25, 0.3) is 0 Å². The van der Waals surface area contributed by atoms with Crippen LogP contribution in [0.3, 0.4) is 0 Å². The highest BCUT2D eigenvalue weighted by molar-refractivity contribution is 7.84. The minimum atomic E-state index is -3.92. The van der Waals surface area contributed by atoms with E-state index in [-0.39, 0.29) is 12.1 Å². The predicted molar refractivity (Wildman–Crippen MR) is 115 cm³/mol. The first kappa shape index (κ1) is 22.6. The molecule has 2 heterocycles. The topological polar surface area (TPSA) is 160 Å². The van der Waals surface area contributed by atoms with Crippen LogP contribution in [-0.4, -0.2) is 49.5 Å². The number of hydrogen-bond donors (Lipinski definition) is 1. The van der Waals surface area contributed by atoms with Crippen molar-refractivity contribution in [2.75, 3.05) is 26.2 Å². The van der Waals surface area contributed by atoms with Crippen LogP contribution in [0.25, 0.3) is 11.8 Å². The molecule has 4 rings (SSSR count). The van der Waals surface area contributed by atoms with Crippen molar-refractivity contribution in [3.8, 4) is 17.2 Å². The molecule has 11 heteroatoms. The number of benzene rings is 1. The molecule has 1 unspecified atom stereocenters. The number of nitrogens with zero attached hydrogens (tertiary/aromatic N) is 2. The molecular weight excluding hydrogens is 424 g/mol. The van der Waals surface area contributed by atoms with Gasteiger partial charge in [0.2, 0.25) is 5.75 Å². The van der Waals surface area contributed by atoms with Crippen molar-refractivity contribution in [1.29, 1.82) is 0 Å². The third-order valence-corrected chi connectivity index (χ3v) is 4.82. The Morgan fingerprint density at radius 2 is 1.97 bits per heavy atom. The molecule has 168 valence electrons. The normalized spacial score (nSPS) is 17.1. The van der Waals surface area contributed by atoms with Crippen LogP contribution in [0.4, 0.5) is 11.8 Å². The molecule has 1 aliphatic heterocycles. The Kier molecular flexibility index (Phi) is 6.56. The molecule has 1 saturated carbocycles. The molecule has 0 amide bonds. The van der Waals surface area contributed by atoms with E-state index >= 15 is 0 Å². The molecule has 0 bridgehead atoms. The molecular formula is C20H24N4O6S-2. The van der Waals surface area contributed by atoms with Crippen LogP contribution in [0, 0.1) is 5.92 Å². The van der Waals surface area contributed by atoms with Gasteiger partial charge in [0, 0.05) is 24.2 Å². The first-order valence-corrected chi connectivity index (χ1v) is 11.3. The molecule has 31 heavy (non-hydrogen) atoms. The number of nitrogen functional groups attached to an aromatic ring is 1. The summed E-state index contributed by atoms with van der Waals surface area (Å²) in [5, 5.41) is 0. The smallest absolute Gasteiger partial charge is 0.203 e. The number of nitrogens with one attached hydrogen (secondary N) is 1. The van der Waals surface area contributed by atoms with Gasteiger partial charge in [0.05, 0.1) is 30.2 Å². The Morgan fingerprint density at radius 3 is 2.52 bits per heavy atom. The molecule has 2 aromatic rings. The minimum Gasteiger partial charge on any atom is -0.748 e. The second-order valence-electron chi connectivity index (χ2n) is 7.28. The number of rotatable bonds is 5. The fourth-order valence-electron chi connectivity index (χ4n) is 3.28. The van der Waals surface area contributed by atoms with Gasteiger partial charge in [0.1, 0.15) is 6.10 Å². The highest BCUT2D eigenvalue weighted by Crippen LogP contribution is 2.48. The summed E-state index contributed by atoms with van der Waals surface area (Å²) in [5.41, 5.74) is 16.1. The second kappa shape index (κ2) is 8.98. The number of nitrogens with two attached hydrogens (primary N) is 1. The maximum Gasteiger partial charge on any atom is 0.203 e. The Labute approximate surface area is 181 Å². The van der Waals surface area contributed by atoms with Gasteiger partial charge in [-0.25, -0.2) is 8.42 Å². The molecule has 10 nitrogen and oxygen atoms in total. The van der Waals surface area contributed by atoms with E-state index in [1.807, 2.05) is 6.07 Å². The first-order chi connectivity index (χ1) is 14.6. The maximum atomic E-state index is 9.08. The predicted octanol–water partition coefficient (Wildman–Crippen LogP) is 2.70. The zero-order chi connectivity index (χ0) is 22.8. The molecule has 1 atom stereocenters. The number of hydrogen-bond acceptors (Lipinski definition) is 9. The highest BCUT2D eigenvalue weighted by atomic mass is 32.2. The Hall–Kier alpha value is -3.05. The van der Waals surface area contributed by atoms with Crippen LogP contribution >= 0.6 is 0 Å². The summed E-state index contributed by atoms with van der Waals surface area (Å²) >= 11 is 0. The maximum absolute atomic E-state index is 9.08. The lowest BCUT2D eigenvalue weighted by atomic mass is 9.96. The number of methoxy groups -OCH3 is 2. The van der Waals surface area contributed by atoms with Crippen molar-refractivity contribution in [3.63, 3.8) is 0 Å². The van der Waals surface area contributed by atoms with E-state index in [9.17, 15) is 0 Å². The van der Waals surface area contributed by atoms with Crippen molar-refractivity contribution in [3.05, 3.63) is 40.8 Å². The lowest BCUT2D eigenvalue weighted by Crippen LogP contribution is -2.20. The summed E-state index contributed by atoms with van der Waals surface area (Å²) in [4.78, 5) is 7.87. The fourth-order valence-corrected chi connectivity index (χ4v) is 3.28. The van der Waals surface area contributed by atoms with Crippen LogP contribution in [0.15, 0.2) is 18.3 Å². The highest BCUT2D eigenvalue weighted by Gasteiger charge is 2.35. The largest absolute Gasteiger partial charge is 0.748 e. The molecule has 3 N–H and O–H groups in total. The molecule has 0 radical (unpaired) electrons. The van der Waals surface area contributed by atoms with Crippen molar-refractivity contribution in [2.24, 2.45) is 5.92 Å². The van der Waals surface area contributed by atoms with Crippen LogP contribution in [0.1, 0.15) is 29.5 Å². The van der Waals surface area contributed by atoms with E-state index in [0.29, 0.717) is 41.7 Å². The fraction of sp³-hybridized carbons (Fsp3) is 0.400. The first-order valence-electron chi connectivity index (χ1n) is 9.47. The van der Waals surface area contributed by atoms with E-state index in [1.54, 1.807) is 20.4 Å². The van der Waals surface area contributed by atoms with E-state index in [4.69, 9.17) is 38.6 Å². The van der Waals surface area contributed by atoms with Gasteiger partial charge >= 0.3 is 0 Å². The van der Waals surface area contributed by atoms with E-state index in [0.717, 1.165) is 16.7 Å². The quantitative estimate of drug-likeness (QED) is 0.678. The molecule has 1 aromatic heterocycles. The van der Waals surface area contributed by atoms with Crippen LogP contribution in [0.5, 0.6) is 17.2 Å². The molecule has 2 aliphatic rings.